The molecule has 2 aromatic carbocycles. The molecule has 0 fully saturated rings. The van der Waals surface area contributed by atoms with Crippen LogP contribution in [0, 0.1) is 0 Å². The van der Waals surface area contributed by atoms with Crippen molar-refractivity contribution in [3.05, 3.63) is 54.1 Å². The molecule has 1 heterocycles. The highest BCUT2D eigenvalue weighted by Gasteiger charge is 2.33. The van der Waals surface area contributed by atoms with Gasteiger partial charge in [0.05, 0.1) is 0 Å². The summed E-state index contributed by atoms with van der Waals surface area (Å²) in [5.41, 5.74) is 9.49. The third kappa shape index (κ3) is 2.24. The first-order chi connectivity index (χ1) is 9.07. The van der Waals surface area contributed by atoms with E-state index in [4.69, 9.17) is 10.5 Å². The molecule has 19 heavy (non-hydrogen) atoms. The van der Waals surface area contributed by atoms with E-state index in [0.717, 1.165) is 23.3 Å². The summed E-state index contributed by atoms with van der Waals surface area (Å²) in [6.45, 7) is 4.19. The molecule has 0 radical (unpaired) electrons. The first kappa shape index (κ1) is 12.2. The molecular weight excluding hydrogens is 234 g/mol. The second-order valence-electron chi connectivity index (χ2n) is 5.76. The maximum atomic E-state index is 6.29. The highest BCUT2D eigenvalue weighted by Crippen LogP contribution is 2.43. The van der Waals surface area contributed by atoms with Gasteiger partial charge in [-0.15, -0.1) is 0 Å². The minimum atomic E-state index is -0.211. The lowest BCUT2D eigenvalue weighted by molar-refractivity contribution is 0.0736. The molecule has 2 heteroatoms. The molecule has 0 spiro atoms. The van der Waals surface area contributed by atoms with Gasteiger partial charge in [0.15, 0.2) is 0 Å². The normalized spacial score (nSPS) is 20.5. The summed E-state index contributed by atoms with van der Waals surface area (Å²) in [6, 6.07) is 16.6. The predicted molar refractivity (Wildman–Crippen MR) is 78.1 cm³/mol. The highest BCUT2D eigenvalue weighted by atomic mass is 16.5. The van der Waals surface area contributed by atoms with Crippen molar-refractivity contribution in [2.24, 2.45) is 5.73 Å². The van der Waals surface area contributed by atoms with Crippen molar-refractivity contribution in [1.82, 2.24) is 0 Å². The number of nitrogens with two attached hydrogens (primary N) is 1. The Balaban J connectivity index is 2.16. The van der Waals surface area contributed by atoms with Crippen LogP contribution >= 0.6 is 0 Å². The summed E-state index contributed by atoms with van der Waals surface area (Å²) in [7, 11) is 0. The summed E-state index contributed by atoms with van der Waals surface area (Å²) >= 11 is 0. The van der Waals surface area contributed by atoms with E-state index in [1.807, 2.05) is 18.2 Å². The molecule has 1 atom stereocenters. The average molecular weight is 253 g/mol. The van der Waals surface area contributed by atoms with Crippen molar-refractivity contribution in [3.8, 4) is 16.9 Å². The second-order valence-corrected chi connectivity index (χ2v) is 5.76. The smallest absolute Gasteiger partial charge is 0.132 e. The van der Waals surface area contributed by atoms with Crippen LogP contribution in [0.25, 0.3) is 11.1 Å². The first-order valence-electron chi connectivity index (χ1n) is 6.70. The number of ether oxygens (including phenoxy) is 1. The van der Waals surface area contributed by atoms with E-state index in [-0.39, 0.29) is 11.6 Å². The average Bonchev–Trinajstić information content (AvgIpc) is 2.38. The molecule has 0 aliphatic carbocycles. The van der Waals surface area contributed by atoms with Gasteiger partial charge in [-0.3, -0.25) is 0 Å². The number of hydrogen-bond acceptors (Lipinski definition) is 2. The number of benzene rings is 2. The van der Waals surface area contributed by atoms with Gasteiger partial charge >= 0.3 is 0 Å². The monoisotopic (exact) mass is 253 g/mol. The molecule has 2 nitrogen and oxygen atoms in total. The number of para-hydroxylation sites is 1. The third-order valence-electron chi connectivity index (χ3n) is 3.62. The van der Waals surface area contributed by atoms with Gasteiger partial charge in [-0.1, -0.05) is 48.5 Å². The maximum Gasteiger partial charge on any atom is 0.132 e. The third-order valence-corrected chi connectivity index (χ3v) is 3.62. The lowest BCUT2D eigenvalue weighted by atomic mass is 9.88. The topological polar surface area (TPSA) is 35.2 Å². The number of hydrogen-bond donors (Lipinski definition) is 1. The molecule has 0 amide bonds. The van der Waals surface area contributed by atoms with E-state index in [1.54, 1.807) is 0 Å². The van der Waals surface area contributed by atoms with Crippen LogP contribution in [0.2, 0.25) is 0 Å². The fourth-order valence-corrected chi connectivity index (χ4v) is 2.76. The molecule has 2 N–H and O–H groups in total. The fraction of sp³-hybridized carbons (Fsp3) is 0.294. The van der Waals surface area contributed by atoms with Gasteiger partial charge in [-0.25, -0.2) is 0 Å². The molecule has 1 unspecified atom stereocenters. The Labute approximate surface area is 114 Å². The second kappa shape index (κ2) is 4.39. The van der Waals surface area contributed by atoms with Gasteiger partial charge in [0, 0.05) is 23.6 Å². The molecule has 0 bridgehead atoms. The van der Waals surface area contributed by atoms with E-state index in [1.165, 1.54) is 5.56 Å². The predicted octanol–water partition coefficient (Wildman–Crippen LogP) is 3.91. The summed E-state index contributed by atoms with van der Waals surface area (Å²) in [5, 5.41) is 0. The largest absolute Gasteiger partial charge is 0.487 e. The number of fused-ring (bicyclic) bond motifs is 1. The molecule has 0 saturated carbocycles. The van der Waals surface area contributed by atoms with E-state index in [0.29, 0.717) is 0 Å². The van der Waals surface area contributed by atoms with Crippen molar-refractivity contribution >= 4 is 0 Å². The van der Waals surface area contributed by atoms with E-state index in [2.05, 4.69) is 44.2 Å². The van der Waals surface area contributed by atoms with E-state index < -0.39 is 0 Å². The summed E-state index contributed by atoms with van der Waals surface area (Å²) < 4.78 is 6.20. The Hall–Kier alpha value is -1.80. The summed E-state index contributed by atoms with van der Waals surface area (Å²) in [4.78, 5) is 0. The van der Waals surface area contributed by atoms with Gasteiger partial charge in [-0.05, 0) is 19.4 Å². The Morgan fingerprint density at radius 3 is 2.53 bits per heavy atom. The van der Waals surface area contributed by atoms with Gasteiger partial charge in [0.2, 0.25) is 0 Å². The van der Waals surface area contributed by atoms with Crippen LogP contribution in [0.4, 0.5) is 0 Å². The van der Waals surface area contributed by atoms with Crippen LogP contribution in [0.3, 0.4) is 0 Å². The maximum absolute atomic E-state index is 6.29. The molecule has 1 aliphatic heterocycles. The number of rotatable bonds is 1. The van der Waals surface area contributed by atoms with Gasteiger partial charge in [0.1, 0.15) is 11.4 Å². The van der Waals surface area contributed by atoms with Gasteiger partial charge < -0.3 is 10.5 Å². The Morgan fingerprint density at radius 2 is 1.79 bits per heavy atom. The Kier molecular flexibility index (Phi) is 2.83. The van der Waals surface area contributed by atoms with Crippen LogP contribution in [-0.4, -0.2) is 5.60 Å². The molecule has 2 aromatic rings. The minimum Gasteiger partial charge on any atom is -0.487 e. The SMILES string of the molecule is CC1(C)CC(N)c2cccc(-c3ccccc3)c2O1. The minimum absolute atomic E-state index is 0.0439. The molecule has 3 rings (SSSR count). The first-order valence-corrected chi connectivity index (χ1v) is 6.70. The van der Waals surface area contributed by atoms with Crippen molar-refractivity contribution in [2.45, 2.75) is 31.9 Å². The Morgan fingerprint density at radius 1 is 1.05 bits per heavy atom. The fourth-order valence-electron chi connectivity index (χ4n) is 2.76. The van der Waals surface area contributed by atoms with Crippen molar-refractivity contribution in [2.75, 3.05) is 0 Å². The van der Waals surface area contributed by atoms with Crippen LogP contribution in [0.5, 0.6) is 5.75 Å². The van der Waals surface area contributed by atoms with Gasteiger partial charge in [0.25, 0.3) is 0 Å². The standard InChI is InChI=1S/C17H19NO/c1-17(2)11-15(18)14-10-6-9-13(16(14)19-17)12-7-4-3-5-8-12/h3-10,15H,11,18H2,1-2H3. The van der Waals surface area contributed by atoms with Crippen LogP contribution in [0.15, 0.2) is 48.5 Å². The lowest BCUT2D eigenvalue weighted by Crippen LogP contribution is -2.37. The Bertz CT molecular complexity index is 589. The molecule has 98 valence electrons. The van der Waals surface area contributed by atoms with Crippen molar-refractivity contribution < 1.29 is 4.74 Å². The van der Waals surface area contributed by atoms with E-state index in [9.17, 15) is 0 Å². The highest BCUT2D eigenvalue weighted by molar-refractivity contribution is 5.73. The summed E-state index contributed by atoms with van der Waals surface area (Å²) in [5.74, 6) is 0.942. The lowest BCUT2D eigenvalue weighted by Gasteiger charge is -2.37. The van der Waals surface area contributed by atoms with Crippen LogP contribution in [-0.2, 0) is 0 Å². The molecule has 1 aliphatic rings. The quantitative estimate of drug-likeness (QED) is 0.836. The summed E-state index contributed by atoms with van der Waals surface area (Å²) in [6.07, 6.45) is 0.845. The molecule has 0 saturated heterocycles. The molecular formula is C17H19NO. The van der Waals surface area contributed by atoms with E-state index >= 15 is 0 Å². The zero-order valence-electron chi connectivity index (χ0n) is 11.4. The zero-order valence-corrected chi connectivity index (χ0v) is 11.4. The van der Waals surface area contributed by atoms with Gasteiger partial charge in [-0.2, -0.15) is 0 Å². The molecule has 0 aromatic heterocycles. The van der Waals surface area contributed by atoms with Crippen molar-refractivity contribution in [1.29, 1.82) is 0 Å². The van der Waals surface area contributed by atoms with Crippen LogP contribution < -0.4 is 10.5 Å². The zero-order chi connectivity index (χ0) is 13.5. The van der Waals surface area contributed by atoms with Crippen LogP contribution in [0.1, 0.15) is 31.9 Å². The van der Waals surface area contributed by atoms with Crippen molar-refractivity contribution in [3.63, 3.8) is 0 Å².